The molecule has 0 atom stereocenters. The van der Waals surface area contributed by atoms with Crippen LogP contribution in [0.15, 0.2) is 12.5 Å². The van der Waals surface area contributed by atoms with E-state index < -0.39 is 0 Å². The van der Waals surface area contributed by atoms with Crippen LogP contribution in [0, 0.1) is 13.8 Å². The number of aromatic nitrogens is 6. The normalized spacial score (nSPS) is 17.7. The van der Waals surface area contributed by atoms with Crippen LogP contribution < -0.4 is 9.80 Å². The SMILES string of the molecule is Cc1nc(C2CC2)nc(N2CCN(c3ncnc4c3cnn4C)CC2)c1C. The lowest BCUT2D eigenvalue weighted by Gasteiger charge is -2.37. The monoisotopic (exact) mass is 364 g/mol. The van der Waals surface area contributed by atoms with Gasteiger partial charge in [0.2, 0.25) is 0 Å². The average molecular weight is 364 g/mol. The van der Waals surface area contributed by atoms with Crippen molar-refractivity contribution in [3.05, 3.63) is 29.6 Å². The Morgan fingerprint density at radius 2 is 1.63 bits per heavy atom. The molecule has 2 fully saturated rings. The molecule has 2 aliphatic rings. The average Bonchev–Trinajstić information content (AvgIpc) is 3.47. The van der Waals surface area contributed by atoms with Gasteiger partial charge >= 0.3 is 0 Å². The van der Waals surface area contributed by atoms with Gasteiger partial charge in [-0.2, -0.15) is 5.10 Å². The second-order valence-corrected chi connectivity index (χ2v) is 7.57. The molecule has 0 bridgehead atoms. The number of nitrogens with zero attached hydrogens (tertiary/aromatic N) is 8. The summed E-state index contributed by atoms with van der Waals surface area (Å²) < 4.78 is 1.79. The minimum Gasteiger partial charge on any atom is -0.353 e. The first-order valence-electron chi connectivity index (χ1n) is 9.59. The molecule has 0 aromatic carbocycles. The summed E-state index contributed by atoms with van der Waals surface area (Å²) in [6, 6.07) is 0. The summed E-state index contributed by atoms with van der Waals surface area (Å²) in [7, 11) is 1.91. The number of aryl methyl sites for hydroxylation is 2. The molecule has 3 aromatic heterocycles. The molecule has 0 amide bonds. The van der Waals surface area contributed by atoms with Crippen molar-refractivity contribution >= 4 is 22.7 Å². The van der Waals surface area contributed by atoms with Gasteiger partial charge in [-0.05, 0) is 26.7 Å². The van der Waals surface area contributed by atoms with Crippen molar-refractivity contribution in [2.45, 2.75) is 32.6 Å². The van der Waals surface area contributed by atoms with Gasteiger partial charge in [-0.3, -0.25) is 4.68 Å². The molecule has 0 spiro atoms. The molecule has 1 saturated heterocycles. The van der Waals surface area contributed by atoms with Gasteiger partial charge in [0.25, 0.3) is 0 Å². The first-order chi connectivity index (χ1) is 13.1. The first kappa shape index (κ1) is 16.4. The number of hydrogen-bond acceptors (Lipinski definition) is 7. The van der Waals surface area contributed by atoms with Crippen molar-refractivity contribution in [1.82, 2.24) is 29.7 Å². The van der Waals surface area contributed by atoms with Gasteiger partial charge in [0, 0.05) is 50.4 Å². The fourth-order valence-electron chi connectivity index (χ4n) is 3.80. The molecular weight excluding hydrogens is 340 g/mol. The van der Waals surface area contributed by atoms with E-state index in [4.69, 9.17) is 9.97 Å². The smallest absolute Gasteiger partial charge is 0.163 e. The van der Waals surface area contributed by atoms with Crippen LogP contribution >= 0.6 is 0 Å². The number of piperazine rings is 1. The third kappa shape index (κ3) is 2.79. The molecule has 1 aliphatic carbocycles. The molecule has 0 unspecified atom stereocenters. The first-order valence-corrected chi connectivity index (χ1v) is 9.59. The van der Waals surface area contributed by atoms with Gasteiger partial charge in [0.05, 0.1) is 11.6 Å². The zero-order valence-corrected chi connectivity index (χ0v) is 16.1. The highest BCUT2D eigenvalue weighted by atomic mass is 15.3. The molecule has 1 aliphatic heterocycles. The summed E-state index contributed by atoms with van der Waals surface area (Å²) in [6.07, 6.45) is 5.94. The van der Waals surface area contributed by atoms with Crippen LogP contribution in [-0.4, -0.2) is 55.9 Å². The summed E-state index contributed by atoms with van der Waals surface area (Å²) in [5.74, 6) is 3.69. The second kappa shape index (κ2) is 6.14. The van der Waals surface area contributed by atoms with Crippen LogP contribution in [0.25, 0.3) is 11.0 Å². The summed E-state index contributed by atoms with van der Waals surface area (Å²) in [6.45, 7) is 7.89. The topological polar surface area (TPSA) is 75.9 Å². The van der Waals surface area contributed by atoms with Gasteiger partial charge < -0.3 is 9.80 Å². The Labute approximate surface area is 158 Å². The summed E-state index contributed by atoms with van der Waals surface area (Å²) in [5, 5.41) is 5.34. The quantitative estimate of drug-likeness (QED) is 0.703. The highest BCUT2D eigenvalue weighted by molar-refractivity contribution is 5.86. The largest absolute Gasteiger partial charge is 0.353 e. The van der Waals surface area contributed by atoms with Crippen LogP contribution in [0.1, 0.15) is 35.8 Å². The lowest BCUT2D eigenvalue weighted by Crippen LogP contribution is -2.47. The second-order valence-electron chi connectivity index (χ2n) is 7.57. The predicted molar refractivity (Wildman–Crippen MR) is 104 cm³/mol. The molecule has 0 radical (unpaired) electrons. The van der Waals surface area contributed by atoms with Crippen molar-refractivity contribution in [2.24, 2.45) is 7.05 Å². The Morgan fingerprint density at radius 3 is 2.33 bits per heavy atom. The van der Waals surface area contributed by atoms with Crippen molar-refractivity contribution in [2.75, 3.05) is 36.0 Å². The molecule has 1 saturated carbocycles. The van der Waals surface area contributed by atoms with Gasteiger partial charge in [0.15, 0.2) is 5.65 Å². The van der Waals surface area contributed by atoms with Gasteiger partial charge in [-0.1, -0.05) is 0 Å². The van der Waals surface area contributed by atoms with E-state index in [2.05, 4.69) is 38.7 Å². The maximum Gasteiger partial charge on any atom is 0.163 e. The minimum atomic E-state index is 0.573. The van der Waals surface area contributed by atoms with E-state index in [9.17, 15) is 0 Å². The van der Waals surface area contributed by atoms with E-state index in [-0.39, 0.29) is 0 Å². The van der Waals surface area contributed by atoms with E-state index in [1.54, 1.807) is 11.0 Å². The third-order valence-corrected chi connectivity index (χ3v) is 5.71. The Balaban J connectivity index is 1.39. The number of anilines is 2. The lowest BCUT2D eigenvalue weighted by atomic mass is 10.2. The zero-order chi connectivity index (χ0) is 18.5. The molecule has 0 N–H and O–H groups in total. The molecule has 4 heterocycles. The van der Waals surface area contributed by atoms with Crippen LogP contribution in [0.5, 0.6) is 0 Å². The zero-order valence-electron chi connectivity index (χ0n) is 16.1. The molecule has 8 heteroatoms. The predicted octanol–water partition coefficient (Wildman–Crippen LogP) is 1.97. The third-order valence-electron chi connectivity index (χ3n) is 5.71. The fraction of sp³-hybridized carbons (Fsp3) is 0.526. The van der Waals surface area contributed by atoms with E-state index in [0.29, 0.717) is 5.92 Å². The van der Waals surface area contributed by atoms with Gasteiger partial charge in [-0.15, -0.1) is 0 Å². The van der Waals surface area contributed by atoms with Gasteiger partial charge in [-0.25, -0.2) is 19.9 Å². The van der Waals surface area contributed by atoms with Crippen LogP contribution in [0.2, 0.25) is 0 Å². The number of rotatable bonds is 3. The summed E-state index contributed by atoms with van der Waals surface area (Å²) in [5.41, 5.74) is 3.18. The Hall–Kier alpha value is -2.77. The summed E-state index contributed by atoms with van der Waals surface area (Å²) in [4.78, 5) is 23.2. The molecule has 27 heavy (non-hydrogen) atoms. The molecule has 5 rings (SSSR count). The lowest BCUT2D eigenvalue weighted by molar-refractivity contribution is 0.637. The Kier molecular flexibility index (Phi) is 3.73. The highest BCUT2D eigenvalue weighted by Gasteiger charge is 2.29. The standard InChI is InChI=1S/C19H24N8/c1-12-13(2)23-16(14-4-5-14)24-17(12)26-6-8-27(9-7-26)19-15-10-22-25(3)18(15)20-11-21-19/h10-11,14H,4-9H2,1-3H3. The number of fused-ring (bicyclic) bond motifs is 1. The molecular formula is C19H24N8. The van der Waals surface area contributed by atoms with Crippen molar-refractivity contribution < 1.29 is 0 Å². The van der Waals surface area contributed by atoms with Crippen LogP contribution in [-0.2, 0) is 7.05 Å². The van der Waals surface area contributed by atoms with Crippen molar-refractivity contribution in [1.29, 1.82) is 0 Å². The maximum absolute atomic E-state index is 4.93. The Morgan fingerprint density at radius 1 is 0.926 bits per heavy atom. The highest BCUT2D eigenvalue weighted by Crippen LogP contribution is 2.39. The molecule has 140 valence electrons. The van der Waals surface area contributed by atoms with Crippen molar-refractivity contribution in [3.63, 3.8) is 0 Å². The molecule has 3 aromatic rings. The molecule has 8 nitrogen and oxygen atoms in total. The maximum atomic E-state index is 4.93. The number of hydrogen-bond donors (Lipinski definition) is 0. The van der Waals surface area contributed by atoms with Crippen LogP contribution in [0.4, 0.5) is 11.6 Å². The Bertz CT molecular complexity index is 998. The fourth-order valence-corrected chi connectivity index (χ4v) is 3.80. The van der Waals surface area contributed by atoms with Crippen molar-refractivity contribution in [3.8, 4) is 0 Å². The van der Waals surface area contributed by atoms with E-state index >= 15 is 0 Å². The van der Waals surface area contributed by atoms with E-state index in [1.807, 2.05) is 13.2 Å². The minimum absolute atomic E-state index is 0.573. The van der Waals surface area contributed by atoms with Gasteiger partial charge in [0.1, 0.15) is 23.8 Å². The van der Waals surface area contributed by atoms with Crippen LogP contribution in [0.3, 0.4) is 0 Å². The van der Waals surface area contributed by atoms with E-state index in [0.717, 1.165) is 60.4 Å². The summed E-state index contributed by atoms with van der Waals surface area (Å²) >= 11 is 0. The van der Waals surface area contributed by atoms with E-state index in [1.165, 1.54) is 18.4 Å².